The Labute approximate surface area is 105 Å². The van der Waals surface area contributed by atoms with Gasteiger partial charge in [0.25, 0.3) is 0 Å². The molecule has 1 unspecified atom stereocenters. The zero-order valence-corrected chi connectivity index (χ0v) is 11.5. The van der Waals surface area contributed by atoms with Crippen LogP contribution in [0.15, 0.2) is 0 Å². The van der Waals surface area contributed by atoms with E-state index in [-0.39, 0.29) is 5.91 Å². The van der Waals surface area contributed by atoms with Gasteiger partial charge in [0.05, 0.1) is 0 Å². The van der Waals surface area contributed by atoms with Crippen LogP contribution in [0.4, 0.5) is 0 Å². The molecule has 1 rings (SSSR count). The van der Waals surface area contributed by atoms with Crippen LogP contribution in [0, 0.1) is 0 Å². The highest BCUT2D eigenvalue weighted by Gasteiger charge is 2.17. The van der Waals surface area contributed by atoms with Crippen molar-refractivity contribution in [2.24, 2.45) is 0 Å². The van der Waals surface area contributed by atoms with Gasteiger partial charge in [0, 0.05) is 33.1 Å². The molecular formula is C13H27N3O. The monoisotopic (exact) mass is 241 g/mol. The van der Waals surface area contributed by atoms with Gasteiger partial charge in [-0.1, -0.05) is 6.42 Å². The Morgan fingerprint density at radius 3 is 2.82 bits per heavy atom. The lowest BCUT2D eigenvalue weighted by Gasteiger charge is -2.32. The van der Waals surface area contributed by atoms with E-state index in [1.54, 1.807) is 4.90 Å². The molecule has 1 amide bonds. The van der Waals surface area contributed by atoms with Crippen LogP contribution in [0.2, 0.25) is 0 Å². The fourth-order valence-corrected chi connectivity index (χ4v) is 2.26. The molecule has 0 aromatic carbocycles. The van der Waals surface area contributed by atoms with E-state index in [0.717, 1.165) is 19.5 Å². The molecule has 100 valence electrons. The molecule has 0 spiro atoms. The molecule has 1 heterocycles. The quantitative estimate of drug-likeness (QED) is 0.703. The van der Waals surface area contributed by atoms with E-state index in [9.17, 15) is 4.79 Å². The first-order valence-electron chi connectivity index (χ1n) is 6.72. The van der Waals surface area contributed by atoms with Gasteiger partial charge in [0.1, 0.15) is 0 Å². The van der Waals surface area contributed by atoms with Crippen molar-refractivity contribution < 1.29 is 4.79 Å². The molecule has 0 aliphatic carbocycles. The summed E-state index contributed by atoms with van der Waals surface area (Å²) in [6, 6.07) is 0.688. The Kier molecular flexibility index (Phi) is 6.52. The first-order chi connectivity index (χ1) is 8.11. The van der Waals surface area contributed by atoms with Crippen LogP contribution in [0.1, 0.15) is 32.1 Å². The number of nitrogens with zero attached hydrogens (tertiary/aromatic N) is 2. The normalized spacial score (nSPS) is 21.5. The van der Waals surface area contributed by atoms with Gasteiger partial charge in [-0.05, 0) is 39.4 Å². The van der Waals surface area contributed by atoms with Gasteiger partial charge in [-0.15, -0.1) is 0 Å². The number of nitrogens with one attached hydrogen (secondary N) is 1. The Hall–Kier alpha value is -0.610. The molecule has 0 aromatic heterocycles. The van der Waals surface area contributed by atoms with Crippen LogP contribution < -0.4 is 5.32 Å². The van der Waals surface area contributed by atoms with Gasteiger partial charge in [-0.25, -0.2) is 0 Å². The summed E-state index contributed by atoms with van der Waals surface area (Å²) in [6.07, 6.45) is 5.59. The predicted molar refractivity (Wildman–Crippen MR) is 71.1 cm³/mol. The lowest BCUT2D eigenvalue weighted by Crippen LogP contribution is -2.43. The highest BCUT2D eigenvalue weighted by atomic mass is 16.2. The number of hydrogen-bond donors (Lipinski definition) is 1. The first-order valence-corrected chi connectivity index (χ1v) is 6.72. The van der Waals surface area contributed by atoms with Crippen LogP contribution in [-0.4, -0.2) is 62.5 Å². The molecule has 0 aromatic rings. The van der Waals surface area contributed by atoms with Crippen LogP contribution in [0.3, 0.4) is 0 Å². The molecule has 4 nitrogen and oxygen atoms in total. The summed E-state index contributed by atoms with van der Waals surface area (Å²) >= 11 is 0. The van der Waals surface area contributed by atoms with Crippen molar-refractivity contribution in [1.29, 1.82) is 0 Å². The van der Waals surface area contributed by atoms with Crippen molar-refractivity contribution in [3.63, 3.8) is 0 Å². The highest BCUT2D eigenvalue weighted by molar-refractivity contribution is 5.75. The van der Waals surface area contributed by atoms with E-state index < -0.39 is 0 Å². The third-order valence-corrected chi connectivity index (χ3v) is 3.54. The minimum absolute atomic E-state index is 0.224. The van der Waals surface area contributed by atoms with Crippen molar-refractivity contribution in [3.05, 3.63) is 0 Å². The topological polar surface area (TPSA) is 35.6 Å². The van der Waals surface area contributed by atoms with E-state index in [4.69, 9.17) is 0 Å². The van der Waals surface area contributed by atoms with Gasteiger partial charge in [0.15, 0.2) is 0 Å². The minimum atomic E-state index is 0.224. The molecule has 1 aliphatic heterocycles. The minimum Gasteiger partial charge on any atom is -0.349 e. The van der Waals surface area contributed by atoms with Gasteiger partial charge in [-0.2, -0.15) is 0 Å². The highest BCUT2D eigenvalue weighted by Crippen LogP contribution is 2.13. The fraction of sp³-hybridized carbons (Fsp3) is 0.923. The molecule has 1 N–H and O–H groups in total. The van der Waals surface area contributed by atoms with Crippen molar-refractivity contribution in [1.82, 2.24) is 15.1 Å². The van der Waals surface area contributed by atoms with Crippen LogP contribution >= 0.6 is 0 Å². The second kappa shape index (κ2) is 7.67. The maximum Gasteiger partial charge on any atom is 0.222 e. The number of hydrogen-bond acceptors (Lipinski definition) is 3. The molecular weight excluding hydrogens is 214 g/mol. The van der Waals surface area contributed by atoms with Crippen LogP contribution in [0.25, 0.3) is 0 Å². The Bertz CT molecular complexity index is 231. The predicted octanol–water partition coefficient (Wildman–Crippen LogP) is 0.929. The van der Waals surface area contributed by atoms with E-state index in [1.165, 1.54) is 25.8 Å². The largest absolute Gasteiger partial charge is 0.349 e. The second-order valence-electron chi connectivity index (χ2n) is 5.23. The number of carbonyl (C=O) groups excluding carboxylic acids is 1. The Balaban J connectivity index is 2.02. The smallest absolute Gasteiger partial charge is 0.222 e. The number of carbonyl (C=O) groups is 1. The van der Waals surface area contributed by atoms with Gasteiger partial charge >= 0.3 is 0 Å². The summed E-state index contributed by atoms with van der Waals surface area (Å²) in [4.78, 5) is 15.5. The zero-order valence-electron chi connectivity index (χ0n) is 11.5. The molecule has 4 heteroatoms. The summed E-state index contributed by atoms with van der Waals surface area (Å²) in [5.74, 6) is 0.224. The third kappa shape index (κ3) is 5.50. The van der Waals surface area contributed by atoms with Crippen LogP contribution in [-0.2, 0) is 4.79 Å². The van der Waals surface area contributed by atoms with E-state index in [0.29, 0.717) is 12.5 Å². The van der Waals surface area contributed by atoms with E-state index in [2.05, 4.69) is 17.3 Å². The standard InChI is InChI=1S/C13H27N3O/c1-15(2)13(17)8-6-9-14-11-12-7-4-5-10-16(12)3/h12,14H,4-11H2,1-3H3. The summed E-state index contributed by atoms with van der Waals surface area (Å²) in [7, 11) is 5.83. The summed E-state index contributed by atoms with van der Waals surface area (Å²) in [6.45, 7) is 3.24. The van der Waals surface area contributed by atoms with Crippen LogP contribution in [0.5, 0.6) is 0 Å². The lowest BCUT2D eigenvalue weighted by molar-refractivity contribution is -0.128. The second-order valence-corrected chi connectivity index (χ2v) is 5.23. The summed E-state index contributed by atoms with van der Waals surface area (Å²) < 4.78 is 0. The molecule has 1 atom stereocenters. The van der Waals surface area contributed by atoms with E-state index in [1.807, 2.05) is 14.1 Å². The molecule has 1 aliphatic rings. The third-order valence-electron chi connectivity index (χ3n) is 3.54. The van der Waals surface area contributed by atoms with Crippen molar-refractivity contribution in [2.45, 2.75) is 38.1 Å². The number of amides is 1. The summed E-state index contributed by atoms with van der Waals surface area (Å²) in [5.41, 5.74) is 0. The lowest BCUT2D eigenvalue weighted by atomic mass is 10.0. The molecule has 1 saturated heterocycles. The number of likely N-dealkylation sites (tertiary alicyclic amines) is 1. The van der Waals surface area contributed by atoms with Gasteiger partial charge < -0.3 is 15.1 Å². The number of piperidine rings is 1. The Morgan fingerprint density at radius 2 is 2.18 bits per heavy atom. The molecule has 17 heavy (non-hydrogen) atoms. The average Bonchev–Trinajstić information content (AvgIpc) is 2.30. The van der Waals surface area contributed by atoms with Crippen molar-refractivity contribution >= 4 is 5.91 Å². The summed E-state index contributed by atoms with van der Waals surface area (Å²) in [5, 5.41) is 3.47. The number of likely N-dealkylation sites (N-methyl/N-ethyl adjacent to an activating group) is 1. The molecule has 0 radical (unpaired) electrons. The average molecular weight is 241 g/mol. The van der Waals surface area contributed by atoms with E-state index >= 15 is 0 Å². The molecule has 1 fully saturated rings. The fourth-order valence-electron chi connectivity index (χ4n) is 2.26. The van der Waals surface area contributed by atoms with Gasteiger partial charge in [-0.3, -0.25) is 4.79 Å². The maximum atomic E-state index is 11.3. The maximum absolute atomic E-state index is 11.3. The molecule has 0 saturated carbocycles. The number of rotatable bonds is 6. The first kappa shape index (κ1) is 14.5. The van der Waals surface area contributed by atoms with Gasteiger partial charge in [0.2, 0.25) is 5.91 Å². The van der Waals surface area contributed by atoms with Crippen molar-refractivity contribution in [3.8, 4) is 0 Å². The SMILES string of the molecule is CN(C)C(=O)CCCNCC1CCCCN1C. The van der Waals surface area contributed by atoms with Crippen molar-refractivity contribution in [2.75, 3.05) is 40.8 Å². The zero-order chi connectivity index (χ0) is 12.7. The molecule has 0 bridgehead atoms. The Morgan fingerprint density at radius 1 is 1.41 bits per heavy atom.